The van der Waals surface area contributed by atoms with E-state index in [4.69, 9.17) is 14.5 Å². The molecule has 1 fully saturated rings. The molecule has 1 aliphatic rings. The number of pyridine rings is 1. The van der Waals surface area contributed by atoms with Crippen molar-refractivity contribution in [3.8, 4) is 11.5 Å². The minimum Gasteiger partial charge on any atom is -0.486 e. The van der Waals surface area contributed by atoms with Gasteiger partial charge in [0, 0.05) is 17.2 Å². The van der Waals surface area contributed by atoms with Gasteiger partial charge >= 0.3 is 6.09 Å². The molecule has 7 heteroatoms. The number of amides is 1. The van der Waals surface area contributed by atoms with Crippen molar-refractivity contribution in [2.45, 2.75) is 37.7 Å². The van der Waals surface area contributed by atoms with E-state index in [-0.39, 0.29) is 5.41 Å². The van der Waals surface area contributed by atoms with Gasteiger partial charge in [0.05, 0.1) is 22.1 Å². The number of nitrogens with one attached hydrogen (secondary N) is 1. The normalized spacial score (nSPS) is 14.3. The Morgan fingerprint density at radius 3 is 2.55 bits per heavy atom. The molecule has 2 heterocycles. The van der Waals surface area contributed by atoms with Crippen LogP contribution in [0, 0.1) is 0 Å². The molecule has 190 valence electrons. The zero-order chi connectivity index (χ0) is 25.8. The molecule has 6 rings (SSSR count). The van der Waals surface area contributed by atoms with Crippen molar-refractivity contribution in [1.29, 1.82) is 0 Å². The standard InChI is InChI=1S/C31H27N3O3S/c35-30(33-23-11-8-18-32-20-23)37-27-15-14-24(36-21-29-34-26-12-4-5-13-28(26)38-29)19-25(27)31(16-6-7-17-31)22-9-2-1-3-10-22/h1-5,8-15,18-20H,6-7,16-17,21H2,(H,33,35). The molecule has 6 nitrogen and oxygen atoms in total. The molecule has 1 N–H and O–H groups in total. The average molecular weight is 522 g/mol. The number of rotatable bonds is 7. The second-order valence-corrected chi connectivity index (χ2v) is 10.5. The van der Waals surface area contributed by atoms with Gasteiger partial charge in [-0.1, -0.05) is 55.3 Å². The van der Waals surface area contributed by atoms with E-state index in [1.165, 1.54) is 5.56 Å². The van der Waals surface area contributed by atoms with Crippen molar-refractivity contribution < 1.29 is 14.3 Å². The number of ether oxygens (including phenoxy) is 2. The summed E-state index contributed by atoms with van der Waals surface area (Å²) in [5, 5.41) is 3.69. The predicted octanol–water partition coefficient (Wildman–Crippen LogP) is 7.74. The molecule has 0 saturated heterocycles. The highest BCUT2D eigenvalue weighted by Gasteiger charge is 2.40. The molecule has 38 heavy (non-hydrogen) atoms. The predicted molar refractivity (Wildman–Crippen MR) is 150 cm³/mol. The highest BCUT2D eigenvalue weighted by Crippen LogP contribution is 2.50. The van der Waals surface area contributed by atoms with Gasteiger partial charge in [0.15, 0.2) is 0 Å². The van der Waals surface area contributed by atoms with E-state index in [0.717, 1.165) is 52.2 Å². The number of nitrogens with zero attached hydrogens (tertiary/aromatic N) is 2. The van der Waals surface area contributed by atoms with Crippen molar-refractivity contribution in [3.63, 3.8) is 0 Å². The van der Waals surface area contributed by atoms with Crippen LogP contribution in [-0.2, 0) is 12.0 Å². The van der Waals surface area contributed by atoms with Gasteiger partial charge in [-0.15, -0.1) is 11.3 Å². The minimum absolute atomic E-state index is 0.263. The Hall–Kier alpha value is -4.23. The molecule has 0 atom stereocenters. The van der Waals surface area contributed by atoms with Crippen LogP contribution in [0.25, 0.3) is 10.2 Å². The van der Waals surface area contributed by atoms with Gasteiger partial charge in [-0.2, -0.15) is 0 Å². The monoisotopic (exact) mass is 521 g/mol. The zero-order valence-electron chi connectivity index (χ0n) is 20.8. The summed E-state index contributed by atoms with van der Waals surface area (Å²) >= 11 is 1.64. The van der Waals surface area contributed by atoms with Crippen LogP contribution in [0.2, 0.25) is 0 Å². The molecular formula is C31H27N3O3S. The Morgan fingerprint density at radius 2 is 1.76 bits per heavy atom. The summed E-state index contributed by atoms with van der Waals surface area (Å²) in [6.07, 6.45) is 6.84. The highest BCUT2D eigenvalue weighted by atomic mass is 32.1. The number of aromatic nitrogens is 2. The third-order valence-corrected chi connectivity index (χ3v) is 8.07. The molecule has 1 aliphatic carbocycles. The van der Waals surface area contributed by atoms with Gasteiger partial charge in [0.1, 0.15) is 23.1 Å². The molecule has 1 amide bonds. The maximum atomic E-state index is 12.9. The highest BCUT2D eigenvalue weighted by molar-refractivity contribution is 7.18. The van der Waals surface area contributed by atoms with Crippen molar-refractivity contribution in [2.75, 3.05) is 5.32 Å². The van der Waals surface area contributed by atoms with E-state index in [1.54, 1.807) is 35.9 Å². The number of thiazole rings is 1. The lowest BCUT2D eigenvalue weighted by Crippen LogP contribution is -2.26. The van der Waals surface area contributed by atoms with E-state index < -0.39 is 6.09 Å². The van der Waals surface area contributed by atoms with E-state index in [0.29, 0.717) is 18.0 Å². The Bertz CT molecular complexity index is 1510. The Balaban J connectivity index is 1.32. The first-order chi connectivity index (χ1) is 18.7. The molecule has 5 aromatic rings. The van der Waals surface area contributed by atoms with Crippen LogP contribution < -0.4 is 14.8 Å². The molecule has 0 radical (unpaired) electrons. The molecular weight excluding hydrogens is 494 g/mol. The number of para-hydroxylation sites is 1. The third kappa shape index (κ3) is 4.97. The van der Waals surface area contributed by atoms with Crippen LogP contribution in [0.3, 0.4) is 0 Å². The zero-order valence-corrected chi connectivity index (χ0v) is 21.6. The summed E-state index contributed by atoms with van der Waals surface area (Å²) in [4.78, 5) is 21.6. The molecule has 3 aromatic carbocycles. The van der Waals surface area contributed by atoms with E-state index in [1.807, 2.05) is 42.5 Å². The molecule has 0 unspecified atom stereocenters. The fourth-order valence-corrected chi connectivity index (χ4v) is 6.20. The fraction of sp³-hybridized carbons (Fsp3) is 0.194. The van der Waals surface area contributed by atoms with Crippen molar-refractivity contribution >= 4 is 33.3 Å². The second-order valence-electron chi connectivity index (χ2n) is 9.43. The van der Waals surface area contributed by atoms with Crippen LogP contribution in [0.4, 0.5) is 10.5 Å². The van der Waals surface area contributed by atoms with E-state index >= 15 is 0 Å². The lowest BCUT2D eigenvalue weighted by atomic mass is 9.72. The number of hydrogen-bond donors (Lipinski definition) is 1. The summed E-state index contributed by atoms with van der Waals surface area (Å²) in [6.45, 7) is 0.374. The first-order valence-corrected chi connectivity index (χ1v) is 13.6. The molecule has 0 spiro atoms. The summed E-state index contributed by atoms with van der Waals surface area (Å²) in [7, 11) is 0. The number of benzene rings is 3. The number of carbonyl (C=O) groups excluding carboxylic acids is 1. The quantitative estimate of drug-likeness (QED) is 0.237. The maximum absolute atomic E-state index is 12.9. The third-order valence-electron chi connectivity index (χ3n) is 7.06. The fourth-order valence-electron chi connectivity index (χ4n) is 5.32. The van der Waals surface area contributed by atoms with Gasteiger partial charge in [0.25, 0.3) is 0 Å². The van der Waals surface area contributed by atoms with Gasteiger partial charge in [-0.25, -0.2) is 9.78 Å². The molecule has 0 aliphatic heterocycles. The average Bonchev–Trinajstić information content (AvgIpc) is 3.62. The Kier molecular flexibility index (Phi) is 6.75. The van der Waals surface area contributed by atoms with Crippen LogP contribution in [0.5, 0.6) is 11.5 Å². The summed E-state index contributed by atoms with van der Waals surface area (Å²) in [5.41, 5.74) is 3.48. The lowest BCUT2D eigenvalue weighted by molar-refractivity contribution is 0.214. The second kappa shape index (κ2) is 10.6. The number of hydrogen-bond acceptors (Lipinski definition) is 6. The number of fused-ring (bicyclic) bond motifs is 1. The van der Waals surface area contributed by atoms with Crippen LogP contribution in [0.1, 0.15) is 41.8 Å². The van der Waals surface area contributed by atoms with Crippen LogP contribution in [0.15, 0.2) is 97.3 Å². The minimum atomic E-state index is -0.552. The number of carbonyl (C=O) groups is 1. The summed E-state index contributed by atoms with van der Waals surface area (Å²) in [6, 6.07) is 27.9. The van der Waals surface area contributed by atoms with Gasteiger partial charge in [-0.3, -0.25) is 10.3 Å². The summed E-state index contributed by atoms with van der Waals surface area (Å²) in [5.74, 6) is 1.26. The smallest absolute Gasteiger partial charge is 0.417 e. The van der Waals surface area contributed by atoms with Crippen LogP contribution >= 0.6 is 11.3 Å². The Labute approximate surface area is 225 Å². The SMILES string of the molecule is O=C(Nc1cccnc1)Oc1ccc(OCc2nc3ccccc3s2)cc1C1(c2ccccc2)CCCC1. The molecule has 1 saturated carbocycles. The first-order valence-electron chi connectivity index (χ1n) is 12.8. The van der Waals surface area contributed by atoms with Crippen LogP contribution in [-0.4, -0.2) is 16.1 Å². The molecule has 2 aromatic heterocycles. The van der Waals surface area contributed by atoms with E-state index in [9.17, 15) is 4.79 Å². The van der Waals surface area contributed by atoms with Gasteiger partial charge in [0.2, 0.25) is 0 Å². The lowest BCUT2D eigenvalue weighted by Gasteiger charge is -2.32. The van der Waals surface area contributed by atoms with Gasteiger partial charge in [-0.05, 0) is 60.9 Å². The maximum Gasteiger partial charge on any atom is 0.417 e. The van der Waals surface area contributed by atoms with E-state index in [2.05, 4.69) is 40.6 Å². The van der Waals surface area contributed by atoms with Gasteiger partial charge < -0.3 is 9.47 Å². The Morgan fingerprint density at radius 1 is 0.947 bits per heavy atom. The first kappa shape index (κ1) is 24.1. The van der Waals surface area contributed by atoms with Crippen molar-refractivity contribution in [1.82, 2.24) is 9.97 Å². The topological polar surface area (TPSA) is 73.3 Å². The number of anilines is 1. The molecule has 0 bridgehead atoms. The van der Waals surface area contributed by atoms with Crippen molar-refractivity contribution in [2.24, 2.45) is 0 Å². The largest absolute Gasteiger partial charge is 0.486 e. The van der Waals surface area contributed by atoms with Crippen molar-refractivity contribution in [3.05, 3.63) is 113 Å². The summed E-state index contributed by atoms with van der Waals surface area (Å²) < 4.78 is 13.3.